The van der Waals surface area contributed by atoms with Gasteiger partial charge in [-0.3, -0.25) is 24.5 Å². The maximum atomic E-state index is 11.7. The van der Waals surface area contributed by atoms with Gasteiger partial charge in [-0.2, -0.15) is 5.10 Å². The van der Waals surface area contributed by atoms with Gasteiger partial charge in [-0.05, 0) is 5.56 Å². The number of ether oxygens (including phenoxy) is 1. The standard InChI is InChI=1S/C16H20N4O4/c1-13(16(21)24-2)9-18(10-14-6-4-3-5-7-14)12-19-11-15(8-17-19)20(22)23/h3-8,11,13H,9-10,12H2,1-2H3. The molecule has 8 nitrogen and oxygen atoms in total. The number of nitrogens with zero attached hydrogens (tertiary/aromatic N) is 4. The topological polar surface area (TPSA) is 90.5 Å². The lowest BCUT2D eigenvalue weighted by atomic mass is 10.1. The van der Waals surface area contributed by atoms with E-state index in [2.05, 4.69) is 5.10 Å². The number of hydrogen-bond donors (Lipinski definition) is 0. The monoisotopic (exact) mass is 332 g/mol. The van der Waals surface area contributed by atoms with Gasteiger partial charge in [-0.25, -0.2) is 0 Å². The minimum Gasteiger partial charge on any atom is -0.469 e. The number of aromatic nitrogens is 2. The molecule has 1 aromatic heterocycles. The first-order valence-corrected chi connectivity index (χ1v) is 7.50. The van der Waals surface area contributed by atoms with Crippen LogP contribution >= 0.6 is 0 Å². The second kappa shape index (κ2) is 8.21. The molecule has 1 heterocycles. The van der Waals surface area contributed by atoms with Crippen molar-refractivity contribution in [2.45, 2.75) is 20.1 Å². The molecule has 0 N–H and O–H groups in total. The van der Waals surface area contributed by atoms with Crippen molar-refractivity contribution in [3.63, 3.8) is 0 Å². The first-order chi connectivity index (χ1) is 11.5. The number of methoxy groups -OCH3 is 1. The van der Waals surface area contributed by atoms with E-state index in [1.54, 1.807) is 6.92 Å². The van der Waals surface area contributed by atoms with Gasteiger partial charge in [0.25, 0.3) is 0 Å². The highest BCUT2D eigenvalue weighted by Gasteiger charge is 2.19. The predicted octanol–water partition coefficient (Wildman–Crippen LogP) is 2.06. The Bertz CT molecular complexity index is 686. The summed E-state index contributed by atoms with van der Waals surface area (Å²) in [5, 5.41) is 14.8. The van der Waals surface area contributed by atoms with Gasteiger partial charge in [-0.15, -0.1) is 0 Å². The molecule has 0 aliphatic heterocycles. The number of carbonyl (C=O) groups is 1. The van der Waals surface area contributed by atoms with Gasteiger partial charge in [0, 0.05) is 13.1 Å². The average molecular weight is 332 g/mol. The fourth-order valence-electron chi connectivity index (χ4n) is 2.41. The summed E-state index contributed by atoms with van der Waals surface area (Å²) < 4.78 is 6.26. The van der Waals surface area contributed by atoms with Gasteiger partial charge in [0.1, 0.15) is 12.4 Å². The quantitative estimate of drug-likeness (QED) is 0.417. The highest BCUT2D eigenvalue weighted by atomic mass is 16.6. The Morgan fingerprint density at radius 3 is 2.71 bits per heavy atom. The molecule has 0 bridgehead atoms. The van der Waals surface area contributed by atoms with Crippen LogP contribution in [0.15, 0.2) is 42.7 Å². The third-order valence-corrected chi connectivity index (χ3v) is 3.56. The average Bonchev–Trinajstić information content (AvgIpc) is 3.03. The van der Waals surface area contributed by atoms with Crippen molar-refractivity contribution in [2.75, 3.05) is 13.7 Å². The Morgan fingerprint density at radius 1 is 1.42 bits per heavy atom. The predicted molar refractivity (Wildman–Crippen MR) is 86.9 cm³/mol. The third kappa shape index (κ3) is 4.88. The Labute approximate surface area is 139 Å². The lowest BCUT2D eigenvalue weighted by Crippen LogP contribution is -2.33. The van der Waals surface area contributed by atoms with Crippen molar-refractivity contribution < 1.29 is 14.5 Å². The fraction of sp³-hybridized carbons (Fsp3) is 0.375. The second-order valence-electron chi connectivity index (χ2n) is 5.56. The molecule has 1 unspecified atom stereocenters. The van der Waals surface area contributed by atoms with Crippen LogP contribution in [0.4, 0.5) is 5.69 Å². The zero-order chi connectivity index (χ0) is 17.5. The van der Waals surface area contributed by atoms with E-state index in [0.29, 0.717) is 19.8 Å². The van der Waals surface area contributed by atoms with Crippen molar-refractivity contribution >= 4 is 11.7 Å². The summed E-state index contributed by atoms with van der Waals surface area (Å²) in [5.74, 6) is -0.608. The van der Waals surface area contributed by atoms with E-state index in [-0.39, 0.29) is 17.6 Å². The van der Waals surface area contributed by atoms with E-state index in [0.717, 1.165) is 5.56 Å². The summed E-state index contributed by atoms with van der Waals surface area (Å²) in [7, 11) is 1.36. The molecule has 2 rings (SSSR count). The van der Waals surface area contributed by atoms with E-state index in [1.165, 1.54) is 24.2 Å². The fourth-order valence-corrected chi connectivity index (χ4v) is 2.41. The first-order valence-electron chi connectivity index (χ1n) is 7.50. The smallest absolute Gasteiger partial charge is 0.309 e. The first kappa shape index (κ1) is 17.6. The van der Waals surface area contributed by atoms with Gasteiger partial charge in [0.2, 0.25) is 0 Å². The molecule has 0 fully saturated rings. The van der Waals surface area contributed by atoms with Crippen LogP contribution < -0.4 is 0 Å². The van der Waals surface area contributed by atoms with Crippen LogP contribution in [0.3, 0.4) is 0 Å². The molecule has 2 aromatic rings. The van der Waals surface area contributed by atoms with Crippen LogP contribution in [0.2, 0.25) is 0 Å². The van der Waals surface area contributed by atoms with Crippen LogP contribution in [0.1, 0.15) is 12.5 Å². The maximum Gasteiger partial charge on any atom is 0.309 e. The van der Waals surface area contributed by atoms with Crippen molar-refractivity contribution in [3.8, 4) is 0 Å². The largest absolute Gasteiger partial charge is 0.469 e. The molecule has 128 valence electrons. The van der Waals surface area contributed by atoms with E-state index in [4.69, 9.17) is 4.74 Å². The summed E-state index contributed by atoms with van der Waals surface area (Å²) in [5.41, 5.74) is 1.02. The van der Waals surface area contributed by atoms with Crippen LogP contribution in [0.25, 0.3) is 0 Å². The van der Waals surface area contributed by atoms with Crippen LogP contribution in [-0.2, 0) is 22.7 Å². The van der Waals surface area contributed by atoms with Crippen LogP contribution in [0.5, 0.6) is 0 Å². The lowest BCUT2D eigenvalue weighted by Gasteiger charge is -2.24. The summed E-state index contributed by atoms with van der Waals surface area (Å²) in [6, 6.07) is 9.79. The molecule has 1 atom stereocenters. The molecular weight excluding hydrogens is 312 g/mol. The van der Waals surface area contributed by atoms with Gasteiger partial charge in [-0.1, -0.05) is 37.3 Å². The number of carbonyl (C=O) groups excluding carboxylic acids is 1. The highest BCUT2D eigenvalue weighted by Crippen LogP contribution is 2.12. The molecule has 0 aliphatic carbocycles. The number of nitro groups is 1. The van der Waals surface area contributed by atoms with E-state index in [1.807, 2.05) is 35.2 Å². The Morgan fingerprint density at radius 2 is 2.12 bits per heavy atom. The summed E-state index contributed by atoms with van der Waals surface area (Å²) in [6.07, 6.45) is 2.59. The van der Waals surface area contributed by atoms with Crippen molar-refractivity contribution in [2.24, 2.45) is 5.92 Å². The molecule has 0 amide bonds. The molecular formula is C16H20N4O4. The SMILES string of the molecule is COC(=O)C(C)CN(Cc1ccccc1)Cn1cc([N+](=O)[O-])cn1. The Kier molecular flexibility index (Phi) is 6.02. The summed E-state index contributed by atoms with van der Waals surface area (Å²) in [6.45, 7) is 3.17. The minimum atomic E-state index is -0.484. The summed E-state index contributed by atoms with van der Waals surface area (Å²) in [4.78, 5) is 24.0. The molecule has 0 saturated carbocycles. The molecule has 1 aromatic carbocycles. The molecule has 0 spiro atoms. The van der Waals surface area contributed by atoms with E-state index >= 15 is 0 Å². The van der Waals surface area contributed by atoms with Crippen molar-refractivity contribution in [1.29, 1.82) is 0 Å². The molecule has 0 radical (unpaired) electrons. The lowest BCUT2D eigenvalue weighted by molar-refractivity contribution is -0.385. The number of rotatable bonds is 8. The third-order valence-electron chi connectivity index (χ3n) is 3.56. The van der Waals surface area contributed by atoms with Crippen molar-refractivity contribution in [3.05, 3.63) is 58.4 Å². The molecule has 0 saturated heterocycles. The Hall–Kier alpha value is -2.74. The van der Waals surface area contributed by atoms with E-state index < -0.39 is 4.92 Å². The van der Waals surface area contributed by atoms with Gasteiger partial charge in [0.05, 0.1) is 24.6 Å². The molecule has 0 aliphatic rings. The van der Waals surface area contributed by atoms with Gasteiger partial charge < -0.3 is 4.74 Å². The number of benzene rings is 1. The molecule has 8 heteroatoms. The normalized spacial score (nSPS) is 12.1. The zero-order valence-corrected chi connectivity index (χ0v) is 13.7. The molecule has 24 heavy (non-hydrogen) atoms. The number of hydrogen-bond acceptors (Lipinski definition) is 6. The zero-order valence-electron chi connectivity index (χ0n) is 13.7. The van der Waals surface area contributed by atoms with Crippen molar-refractivity contribution in [1.82, 2.24) is 14.7 Å². The van der Waals surface area contributed by atoms with Crippen LogP contribution in [0, 0.1) is 16.0 Å². The minimum absolute atomic E-state index is 0.0596. The maximum absolute atomic E-state index is 11.7. The van der Waals surface area contributed by atoms with Crippen LogP contribution in [-0.4, -0.2) is 39.2 Å². The van der Waals surface area contributed by atoms with Gasteiger partial charge >= 0.3 is 11.7 Å². The highest BCUT2D eigenvalue weighted by molar-refractivity contribution is 5.72. The van der Waals surface area contributed by atoms with E-state index in [9.17, 15) is 14.9 Å². The second-order valence-corrected chi connectivity index (χ2v) is 5.56. The van der Waals surface area contributed by atoms with Gasteiger partial charge in [0.15, 0.2) is 0 Å². The number of esters is 1. The summed E-state index contributed by atoms with van der Waals surface area (Å²) >= 11 is 0. The Balaban J connectivity index is 2.11.